The van der Waals surface area contributed by atoms with Crippen molar-refractivity contribution < 1.29 is 8.42 Å². The van der Waals surface area contributed by atoms with Gasteiger partial charge in [0.25, 0.3) is 0 Å². The summed E-state index contributed by atoms with van der Waals surface area (Å²) in [6.07, 6.45) is 9.03. The van der Waals surface area contributed by atoms with E-state index < -0.39 is 9.84 Å². The van der Waals surface area contributed by atoms with Crippen molar-refractivity contribution in [3.63, 3.8) is 0 Å². The predicted molar refractivity (Wildman–Crippen MR) is 88.0 cm³/mol. The largest absolute Gasteiger partial charge is 0.290 e. The quantitative estimate of drug-likeness (QED) is 0.804. The average molecular weight is 313 g/mol. The van der Waals surface area contributed by atoms with Crippen LogP contribution in [0.2, 0.25) is 0 Å². The van der Waals surface area contributed by atoms with Crippen LogP contribution < -0.4 is 0 Å². The van der Waals surface area contributed by atoms with Crippen LogP contribution in [0, 0.1) is 0 Å². The average Bonchev–Trinajstić information content (AvgIpc) is 2.90. The molecule has 1 fully saturated rings. The summed E-state index contributed by atoms with van der Waals surface area (Å²) >= 11 is 0. The zero-order valence-corrected chi connectivity index (χ0v) is 13.2. The van der Waals surface area contributed by atoms with Gasteiger partial charge < -0.3 is 0 Å². The number of nitrogens with zero attached hydrogens (tertiary/aromatic N) is 1. The highest BCUT2D eigenvalue weighted by Gasteiger charge is 2.40. The molecule has 0 N–H and O–H groups in total. The SMILES string of the molecule is C=CCN1C2C=C(C3=Cc4ccccc4S3(=O)=O)CC1CC2. The van der Waals surface area contributed by atoms with E-state index in [9.17, 15) is 8.42 Å². The normalized spacial score (nSPS) is 28.9. The third-order valence-corrected chi connectivity index (χ3v) is 6.89. The molecule has 0 radical (unpaired) electrons. The molecule has 22 heavy (non-hydrogen) atoms. The predicted octanol–water partition coefficient (Wildman–Crippen LogP) is 3.16. The minimum absolute atomic E-state index is 0.353. The lowest BCUT2D eigenvalue weighted by Crippen LogP contribution is -2.39. The fourth-order valence-electron chi connectivity index (χ4n) is 3.98. The fraction of sp³-hybridized carbons (Fsp3) is 0.333. The van der Waals surface area contributed by atoms with Gasteiger partial charge in [0.2, 0.25) is 9.84 Å². The standard InChI is InChI=1S/C18H19NO2S/c1-2-9-19-15-7-8-16(19)11-14(10-15)18-12-13-5-3-4-6-17(13)22(18,20)21/h2-6,10,12,15-16H,1,7-9,11H2. The van der Waals surface area contributed by atoms with E-state index in [2.05, 4.69) is 17.6 Å². The van der Waals surface area contributed by atoms with Crippen LogP contribution >= 0.6 is 0 Å². The highest BCUT2D eigenvalue weighted by molar-refractivity contribution is 7.96. The summed E-state index contributed by atoms with van der Waals surface area (Å²) in [5, 5.41) is 0. The van der Waals surface area contributed by atoms with Gasteiger partial charge in [-0.3, -0.25) is 4.90 Å². The van der Waals surface area contributed by atoms with E-state index >= 15 is 0 Å². The number of rotatable bonds is 3. The van der Waals surface area contributed by atoms with Crippen molar-refractivity contribution in [2.24, 2.45) is 0 Å². The van der Waals surface area contributed by atoms with E-state index in [1.807, 2.05) is 24.3 Å². The maximum Gasteiger partial charge on any atom is 0.207 e. The second kappa shape index (κ2) is 4.93. The Balaban J connectivity index is 1.73. The molecule has 4 heteroatoms. The van der Waals surface area contributed by atoms with Crippen LogP contribution in [0.3, 0.4) is 0 Å². The molecule has 3 aliphatic heterocycles. The molecule has 0 aliphatic carbocycles. The van der Waals surface area contributed by atoms with E-state index in [0.717, 1.165) is 36.9 Å². The summed E-state index contributed by atoms with van der Waals surface area (Å²) in [5.74, 6) is 0. The molecule has 2 atom stereocenters. The van der Waals surface area contributed by atoms with Crippen LogP contribution in [0.4, 0.5) is 0 Å². The molecule has 2 bridgehead atoms. The Morgan fingerprint density at radius 1 is 1.27 bits per heavy atom. The van der Waals surface area contributed by atoms with Crippen LogP contribution in [0.5, 0.6) is 0 Å². The van der Waals surface area contributed by atoms with E-state index in [4.69, 9.17) is 0 Å². The summed E-state index contributed by atoms with van der Waals surface area (Å²) in [7, 11) is -3.34. The van der Waals surface area contributed by atoms with Crippen molar-refractivity contribution in [3.8, 4) is 0 Å². The molecule has 3 heterocycles. The van der Waals surface area contributed by atoms with E-state index in [-0.39, 0.29) is 0 Å². The lowest BCUT2D eigenvalue weighted by Gasteiger charge is -2.33. The molecule has 2 unspecified atom stereocenters. The zero-order valence-electron chi connectivity index (χ0n) is 12.4. The molecule has 0 spiro atoms. The van der Waals surface area contributed by atoms with Crippen LogP contribution in [0.25, 0.3) is 6.08 Å². The van der Waals surface area contributed by atoms with Gasteiger partial charge >= 0.3 is 0 Å². The molecular formula is C18H19NO2S. The van der Waals surface area contributed by atoms with Crippen molar-refractivity contribution in [2.45, 2.75) is 36.2 Å². The molecule has 1 saturated heterocycles. The lowest BCUT2D eigenvalue weighted by molar-refractivity contribution is 0.229. The molecule has 0 amide bonds. The molecule has 1 aromatic carbocycles. The lowest BCUT2D eigenvalue weighted by atomic mass is 10.00. The first-order chi connectivity index (χ1) is 10.6. The third-order valence-electron chi connectivity index (χ3n) is 4.98. The summed E-state index contributed by atoms with van der Waals surface area (Å²) in [6.45, 7) is 4.71. The van der Waals surface area contributed by atoms with Crippen LogP contribution in [0.1, 0.15) is 24.8 Å². The zero-order chi connectivity index (χ0) is 15.3. The van der Waals surface area contributed by atoms with Gasteiger partial charge in [0.1, 0.15) is 0 Å². The van der Waals surface area contributed by atoms with Gasteiger partial charge in [-0.25, -0.2) is 8.42 Å². The van der Waals surface area contributed by atoms with Gasteiger partial charge in [0, 0.05) is 18.6 Å². The Morgan fingerprint density at radius 2 is 2.09 bits per heavy atom. The minimum Gasteiger partial charge on any atom is -0.290 e. The molecular weight excluding hydrogens is 294 g/mol. The number of benzene rings is 1. The number of allylic oxidation sites excluding steroid dienone is 1. The topological polar surface area (TPSA) is 37.4 Å². The van der Waals surface area contributed by atoms with Crippen LogP contribution in [-0.2, 0) is 9.84 Å². The van der Waals surface area contributed by atoms with Gasteiger partial charge in [-0.05, 0) is 42.5 Å². The summed E-state index contributed by atoms with van der Waals surface area (Å²) < 4.78 is 25.6. The van der Waals surface area contributed by atoms with Crippen LogP contribution in [-0.4, -0.2) is 31.9 Å². The van der Waals surface area contributed by atoms with Crippen LogP contribution in [0.15, 0.2) is 58.4 Å². The third kappa shape index (κ3) is 1.94. The highest BCUT2D eigenvalue weighted by atomic mass is 32.2. The van der Waals surface area contributed by atoms with Crippen molar-refractivity contribution >= 4 is 15.9 Å². The number of hydrogen-bond donors (Lipinski definition) is 0. The molecule has 3 aliphatic rings. The van der Waals surface area contributed by atoms with Gasteiger partial charge in [0.05, 0.1) is 9.80 Å². The second-order valence-corrected chi connectivity index (χ2v) is 8.12. The Hall–Kier alpha value is -1.65. The van der Waals surface area contributed by atoms with E-state index in [1.165, 1.54) is 0 Å². The fourth-order valence-corrected chi connectivity index (χ4v) is 5.69. The molecule has 0 saturated carbocycles. The number of fused-ring (bicyclic) bond motifs is 3. The number of sulfone groups is 1. The number of hydrogen-bond acceptors (Lipinski definition) is 3. The van der Waals surface area contributed by atoms with E-state index in [1.54, 1.807) is 12.1 Å². The molecule has 1 aromatic rings. The smallest absolute Gasteiger partial charge is 0.207 e. The Labute approximate surface area is 131 Å². The second-order valence-electron chi connectivity index (χ2n) is 6.23. The Kier molecular flexibility index (Phi) is 3.13. The highest BCUT2D eigenvalue weighted by Crippen LogP contribution is 2.43. The van der Waals surface area contributed by atoms with Gasteiger partial charge in [0.15, 0.2) is 0 Å². The maximum atomic E-state index is 12.8. The van der Waals surface area contributed by atoms with Crippen molar-refractivity contribution in [3.05, 3.63) is 59.0 Å². The van der Waals surface area contributed by atoms with Crippen molar-refractivity contribution in [1.82, 2.24) is 4.90 Å². The summed E-state index contributed by atoms with van der Waals surface area (Å²) in [6, 6.07) is 8.06. The van der Waals surface area contributed by atoms with Gasteiger partial charge in [-0.15, -0.1) is 6.58 Å². The Morgan fingerprint density at radius 3 is 2.82 bits per heavy atom. The van der Waals surface area contributed by atoms with Gasteiger partial charge in [-0.1, -0.05) is 30.4 Å². The van der Waals surface area contributed by atoms with Gasteiger partial charge in [-0.2, -0.15) is 0 Å². The first-order valence-electron chi connectivity index (χ1n) is 7.75. The molecule has 114 valence electrons. The van der Waals surface area contributed by atoms with Crippen molar-refractivity contribution in [1.29, 1.82) is 0 Å². The summed E-state index contributed by atoms with van der Waals surface area (Å²) in [5.41, 5.74) is 1.82. The monoisotopic (exact) mass is 313 g/mol. The molecule has 4 rings (SSSR count). The summed E-state index contributed by atoms with van der Waals surface area (Å²) in [4.78, 5) is 3.40. The minimum atomic E-state index is -3.34. The molecule has 0 aromatic heterocycles. The molecule has 3 nitrogen and oxygen atoms in total. The maximum absolute atomic E-state index is 12.8. The Bertz CT molecular complexity index is 804. The van der Waals surface area contributed by atoms with E-state index in [0.29, 0.717) is 21.9 Å². The van der Waals surface area contributed by atoms with Crippen molar-refractivity contribution in [2.75, 3.05) is 6.54 Å². The first-order valence-corrected chi connectivity index (χ1v) is 9.23. The first kappa shape index (κ1) is 14.0.